The molecule has 0 fully saturated rings. The Morgan fingerprint density at radius 3 is 2.20 bits per heavy atom. The van der Waals surface area contributed by atoms with E-state index in [0.29, 0.717) is 18.4 Å². The topological polar surface area (TPSA) is 98.1 Å². The minimum Gasteiger partial charge on any atom is -0.480 e. The van der Waals surface area contributed by atoms with Crippen molar-refractivity contribution in [3.05, 3.63) is 0 Å². The molecule has 0 saturated heterocycles. The molecule has 1 unspecified atom stereocenters. The molecule has 0 aliphatic heterocycles. The van der Waals surface area contributed by atoms with Crippen LogP contribution in [0.5, 0.6) is 0 Å². The quantitative estimate of drug-likeness (QED) is 0.507. The van der Waals surface area contributed by atoms with Crippen molar-refractivity contribution in [3.8, 4) is 0 Å². The molecular weight excluding hydrogens is 281 g/mol. The fourth-order valence-corrected chi connectivity index (χ4v) is 2.84. The lowest BCUT2D eigenvalue weighted by Gasteiger charge is -2.22. The minimum atomic E-state index is -4.21. The van der Waals surface area contributed by atoms with Crippen molar-refractivity contribution in [1.82, 2.24) is 4.90 Å². The molecular formula is C13H28NO5P. The van der Waals surface area contributed by atoms with Crippen LogP contribution in [0.4, 0.5) is 0 Å². The van der Waals surface area contributed by atoms with E-state index in [9.17, 15) is 9.36 Å². The first kappa shape index (κ1) is 19.6. The van der Waals surface area contributed by atoms with Crippen LogP contribution in [0.25, 0.3) is 0 Å². The predicted molar refractivity (Wildman–Crippen MR) is 78.6 cm³/mol. The summed E-state index contributed by atoms with van der Waals surface area (Å²) in [4.78, 5) is 29.9. The van der Waals surface area contributed by atoms with Gasteiger partial charge in [0.15, 0.2) is 0 Å². The highest BCUT2D eigenvalue weighted by Crippen LogP contribution is 2.35. The average molecular weight is 309 g/mol. The van der Waals surface area contributed by atoms with Gasteiger partial charge < -0.3 is 14.9 Å². The Hall–Kier alpha value is -0.420. The van der Waals surface area contributed by atoms with Gasteiger partial charge in [0.25, 0.3) is 0 Å². The summed E-state index contributed by atoms with van der Waals surface area (Å²) in [6.45, 7) is 6.53. The third-order valence-electron chi connectivity index (χ3n) is 3.16. The molecule has 0 radical (unpaired) electrons. The minimum absolute atomic E-state index is 0.330. The van der Waals surface area contributed by atoms with Crippen LogP contribution in [0.15, 0.2) is 0 Å². The van der Waals surface area contributed by atoms with Crippen molar-refractivity contribution >= 4 is 13.6 Å². The molecule has 0 aliphatic carbocycles. The van der Waals surface area contributed by atoms with Crippen LogP contribution in [-0.4, -0.2) is 45.1 Å². The summed E-state index contributed by atoms with van der Waals surface area (Å²) in [5.74, 6) is 0.0492. The summed E-state index contributed by atoms with van der Waals surface area (Å²) in [5.41, 5.74) is 0. The van der Waals surface area contributed by atoms with Gasteiger partial charge in [-0.1, -0.05) is 40.0 Å². The highest BCUT2D eigenvalue weighted by Gasteiger charge is 2.21. The maximum Gasteiger partial charge on any atom is 0.339 e. The van der Waals surface area contributed by atoms with Crippen molar-refractivity contribution in [3.63, 3.8) is 0 Å². The van der Waals surface area contributed by atoms with Crippen LogP contribution in [0, 0.1) is 11.8 Å². The van der Waals surface area contributed by atoms with Crippen molar-refractivity contribution in [2.45, 2.75) is 46.5 Å². The van der Waals surface area contributed by atoms with E-state index >= 15 is 0 Å². The van der Waals surface area contributed by atoms with Gasteiger partial charge in [-0.05, 0) is 24.8 Å². The highest BCUT2D eigenvalue weighted by molar-refractivity contribution is 7.51. The Bertz CT molecular complexity index is 329. The van der Waals surface area contributed by atoms with E-state index in [1.807, 2.05) is 0 Å². The van der Waals surface area contributed by atoms with Crippen LogP contribution in [-0.2, 0) is 9.36 Å². The molecule has 0 heterocycles. The van der Waals surface area contributed by atoms with Gasteiger partial charge in [0.05, 0.1) is 6.54 Å². The Kier molecular flexibility index (Phi) is 9.30. The molecule has 1 atom stereocenters. The number of aliphatic carboxylic acids is 1. The lowest BCUT2D eigenvalue weighted by molar-refractivity contribution is -0.138. The number of rotatable bonds is 11. The third-order valence-corrected chi connectivity index (χ3v) is 3.93. The maximum atomic E-state index is 11.0. The van der Waals surface area contributed by atoms with Crippen LogP contribution in [0.1, 0.15) is 46.5 Å². The third kappa shape index (κ3) is 12.6. The van der Waals surface area contributed by atoms with E-state index in [1.54, 1.807) is 0 Å². The number of carbonyl (C=O) groups is 1. The Morgan fingerprint density at radius 1 is 1.15 bits per heavy atom. The van der Waals surface area contributed by atoms with Gasteiger partial charge in [-0.3, -0.25) is 14.3 Å². The van der Waals surface area contributed by atoms with Gasteiger partial charge >= 0.3 is 13.6 Å². The Labute approximate surface area is 121 Å². The van der Waals surface area contributed by atoms with E-state index in [0.717, 1.165) is 19.3 Å². The van der Waals surface area contributed by atoms with Crippen LogP contribution in [0.3, 0.4) is 0 Å². The van der Waals surface area contributed by atoms with Gasteiger partial charge in [-0.15, -0.1) is 0 Å². The molecule has 0 bridgehead atoms. The molecule has 0 rings (SSSR count). The molecule has 0 aromatic rings. The normalized spacial score (nSPS) is 13.9. The summed E-state index contributed by atoms with van der Waals surface area (Å²) < 4.78 is 11.0. The Balaban J connectivity index is 4.11. The van der Waals surface area contributed by atoms with Crippen LogP contribution >= 0.6 is 7.60 Å². The molecule has 7 heteroatoms. The summed E-state index contributed by atoms with van der Waals surface area (Å²) in [6, 6.07) is 0. The molecule has 0 aromatic heterocycles. The first-order valence-corrected chi connectivity index (χ1v) is 8.88. The fraction of sp³-hybridized carbons (Fsp3) is 0.923. The second kappa shape index (κ2) is 9.50. The van der Waals surface area contributed by atoms with Gasteiger partial charge in [-0.2, -0.15) is 0 Å². The number of hydrogen-bond donors (Lipinski definition) is 3. The fourth-order valence-electron chi connectivity index (χ4n) is 2.07. The number of nitrogens with zero attached hydrogens (tertiary/aromatic N) is 1. The van der Waals surface area contributed by atoms with E-state index in [2.05, 4.69) is 20.8 Å². The van der Waals surface area contributed by atoms with Crippen LogP contribution in [0.2, 0.25) is 0 Å². The van der Waals surface area contributed by atoms with Crippen molar-refractivity contribution in [2.75, 3.05) is 19.4 Å². The van der Waals surface area contributed by atoms with E-state index in [-0.39, 0.29) is 6.54 Å². The van der Waals surface area contributed by atoms with Crippen molar-refractivity contribution in [2.24, 2.45) is 11.8 Å². The molecule has 20 heavy (non-hydrogen) atoms. The molecule has 3 N–H and O–H groups in total. The van der Waals surface area contributed by atoms with Crippen LogP contribution < -0.4 is 0 Å². The standard InChI is InChI=1S/C13H28NO5P/c1-11(2)5-4-6-12(3)7-8-14(9-13(15)16)10-20(17,18)19/h11-12H,4-10H2,1-3H3,(H,15,16)(H2,17,18,19). The average Bonchev–Trinajstić information content (AvgIpc) is 2.22. The second-order valence-corrected chi connectivity index (χ2v) is 7.58. The summed E-state index contributed by atoms with van der Waals surface area (Å²) >= 11 is 0. The SMILES string of the molecule is CC(C)CCCC(C)CCN(CC(=O)O)CP(=O)(O)O. The molecule has 0 saturated carbocycles. The van der Waals surface area contributed by atoms with E-state index in [4.69, 9.17) is 14.9 Å². The Morgan fingerprint density at radius 2 is 1.75 bits per heavy atom. The largest absolute Gasteiger partial charge is 0.480 e. The lowest BCUT2D eigenvalue weighted by Crippen LogP contribution is -2.32. The molecule has 0 amide bonds. The molecule has 120 valence electrons. The second-order valence-electron chi connectivity index (χ2n) is 5.97. The zero-order valence-electron chi connectivity index (χ0n) is 12.7. The smallest absolute Gasteiger partial charge is 0.339 e. The number of hydrogen-bond acceptors (Lipinski definition) is 3. The van der Waals surface area contributed by atoms with Gasteiger partial charge in [-0.25, -0.2) is 0 Å². The number of carboxylic acid groups (broad SMARTS) is 1. The first-order valence-electron chi connectivity index (χ1n) is 7.09. The van der Waals surface area contributed by atoms with Gasteiger partial charge in [0.1, 0.15) is 6.29 Å². The van der Waals surface area contributed by atoms with Gasteiger partial charge in [0, 0.05) is 0 Å². The number of carboxylic acids is 1. The maximum absolute atomic E-state index is 11.0. The zero-order valence-corrected chi connectivity index (χ0v) is 13.6. The van der Waals surface area contributed by atoms with Gasteiger partial charge in [0.2, 0.25) is 0 Å². The summed E-state index contributed by atoms with van der Waals surface area (Å²) in [6.07, 6.45) is 3.64. The monoisotopic (exact) mass is 309 g/mol. The zero-order chi connectivity index (χ0) is 15.8. The van der Waals surface area contributed by atoms with E-state index in [1.165, 1.54) is 11.3 Å². The first-order chi connectivity index (χ1) is 9.10. The van der Waals surface area contributed by atoms with Crippen molar-refractivity contribution < 1.29 is 24.3 Å². The highest BCUT2D eigenvalue weighted by atomic mass is 31.2. The summed E-state index contributed by atoms with van der Waals surface area (Å²) in [5, 5.41) is 8.75. The predicted octanol–water partition coefficient (Wildman–Crippen LogP) is 2.36. The molecule has 6 nitrogen and oxygen atoms in total. The molecule has 0 aliphatic rings. The summed E-state index contributed by atoms with van der Waals surface area (Å²) in [7, 11) is -4.21. The van der Waals surface area contributed by atoms with Crippen molar-refractivity contribution in [1.29, 1.82) is 0 Å². The lowest BCUT2D eigenvalue weighted by atomic mass is 9.97. The molecule has 0 aromatic carbocycles. The van der Waals surface area contributed by atoms with E-state index < -0.39 is 19.9 Å². The molecule has 0 spiro atoms.